The molecule has 0 aromatic heterocycles. The molecule has 0 saturated heterocycles. The lowest BCUT2D eigenvalue weighted by molar-refractivity contribution is 0.381. The van der Waals surface area contributed by atoms with E-state index in [-0.39, 0.29) is 1.43 Å². The summed E-state index contributed by atoms with van der Waals surface area (Å²) in [5, 5.41) is 0. The number of rotatable bonds is 0. The second-order valence-corrected chi connectivity index (χ2v) is 1.34. The molecule has 0 aromatic rings. The molecule has 0 spiro atoms. The molecule has 0 aliphatic carbocycles. The summed E-state index contributed by atoms with van der Waals surface area (Å²) in [6, 6.07) is 0. The minimum Gasteiger partial charge on any atom is -0.264 e. The van der Waals surface area contributed by atoms with Crippen molar-refractivity contribution in [1.29, 1.82) is 0 Å². The highest BCUT2D eigenvalue weighted by molar-refractivity contribution is 7.79. The van der Waals surface area contributed by atoms with Crippen molar-refractivity contribution in [3.05, 3.63) is 0 Å². The van der Waals surface area contributed by atoms with Crippen LogP contribution < -0.4 is 0 Å². The number of hydrogen-bond donors (Lipinski definition) is 2. The molecule has 0 rings (SSSR count). The largest absolute Gasteiger partial charge is 0.394 e. The molecule has 0 aliphatic rings. The van der Waals surface area contributed by atoms with E-state index in [1.54, 1.807) is 0 Å². The van der Waals surface area contributed by atoms with E-state index in [4.69, 9.17) is 17.5 Å². The van der Waals surface area contributed by atoms with E-state index < -0.39 is 10.4 Å². The lowest BCUT2D eigenvalue weighted by Gasteiger charge is -1.68. The first kappa shape index (κ1) is 4.87. The first-order valence-corrected chi connectivity index (χ1v) is 2.10. The fraction of sp³-hybridized carbons (Fsp3) is 0. The summed E-state index contributed by atoms with van der Waals surface area (Å²) >= 11 is 0. The van der Waals surface area contributed by atoms with Crippen LogP contribution in [-0.4, -0.2) is 17.5 Å². The predicted octanol–water partition coefficient (Wildman–Crippen LogP) is -0.540. The van der Waals surface area contributed by atoms with Gasteiger partial charge in [-0.3, -0.25) is 9.11 Å². The van der Waals surface area contributed by atoms with Gasteiger partial charge < -0.3 is 0 Å². The summed E-state index contributed by atoms with van der Waals surface area (Å²) < 4.78 is 31.6. The lowest BCUT2D eigenvalue weighted by Crippen LogP contribution is -1.89. The molecule has 5 heavy (non-hydrogen) atoms. The van der Waals surface area contributed by atoms with Crippen molar-refractivity contribution in [1.82, 2.24) is 0 Å². The molecule has 33 valence electrons. The van der Waals surface area contributed by atoms with Gasteiger partial charge in [-0.1, -0.05) is 0 Å². The van der Waals surface area contributed by atoms with E-state index in [0.29, 0.717) is 0 Å². The third-order valence-corrected chi connectivity index (χ3v) is 0. The van der Waals surface area contributed by atoms with Gasteiger partial charge in [0.25, 0.3) is 0 Å². The van der Waals surface area contributed by atoms with Gasteiger partial charge in [-0.05, 0) is 0 Å². The minimum atomic E-state index is -4.67. The van der Waals surface area contributed by atoms with Gasteiger partial charge in [-0.2, -0.15) is 8.42 Å². The molecule has 0 fully saturated rings. The molecule has 4 nitrogen and oxygen atoms in total. The molecule has 5 heteroatoms. The second-order valence-electron chi connectivity index (χ2n) is 0.448. The molecular formula is H3O4S. The Morgan fingerprint density at radius 1 is 1.40 bits per heavy atom. The summed E-state index contributed by atoms with van der Waals surface area (Å²) in [7, 11) is -4.67. The Balaban J connectivity index is 0. The van der Waals surface area contributed by atoms with E-state index >= 15 is 0 Å². The van der Waals surface area contributed by atoms with Crippen molar-refractivity contribution in [2.45, 2.75) is 0 Å². The molecule has 2 N–H and O–H groups in total. The van der Waals surface area contributed by atoms with Crippen LogP contribution in [0.1, 0.15) is 1.43 Å². The molecule has 0 atom stereocenters. The van der Waals surface area contributed by atoms with Crippen LogP contribution in [0.25, 0.3) is 0 Å². The Morgan fingerprint density at radius 3 is 1.40 bits per heavy atom. The zero-order valence-corrected chi connectivity index (χ0v) is 2.94. The van der Waals surface area contributed by atoms with E-state index in [1.165, 1.54) is 0 Å². The van der Waals surface area contributed by atoms with Gasteiger partial charge in [0.15, 0.2) is 0 Å². The van der Waals surface area contributed by atoms with Gasteiger partial charge in [0.2, 0.25) is 0 Å². The van der Waals surface area contributed by atoms with Gasteiger partial charge in [-0.15, -0.1) is 0 Å². The Hall–Kier alpha value is -0.130. The summed E-state index contributed by atoms with van der Waals surface area (Å²) in [5.41, 5.74) is 0. The molecule has 0 saturated carbocycles. The van der Waals surface area contributed by atoms with E-state index in [0.717, 1.165) is 0 Å². The average molecular weight is 101 g/mol. The van der Waals surface area contributed by atoms with Crippen LogP contribution in [0.2, 0.25) is 0 Å². The normalized spacial score (nSPS) is 11.6. The SMILES string of the molecule is O=S(=O)(O)O.[3H]. The topological polar surface area (TPSA) is 74.6 Å². The Bertz CT molecular complexity index is 90.7. The third kappa shape index (κ3) is 801. The third-order valence-electron chi connectivity index (χ3n) is 0. The molecular weight excluding hydrogens is 96.1 g/mol. The van der Waals surface area contributed by atoms with Gasteiger partial charge in [0.05, 0.1) is 0 Å². The molecule has 0 bridgehead atoms. The highest BCUT2D eigenvalue weighted by Crippen LogP contribution is 1.59. The lowest BCUT2D eigenvalue weighted by atomic mass is 15.8. The smallest absolute Gasteiger partial charge is 0.264 e. The van der Waals surface area contributed by atoms with Crippen molar-refractivity contribution < 1.29 is 18.9 Å². The van der Waals surface area contributed by atoms with E-state index in [1.807, 2.05) is 0 Å². The van der Waals surface area contributed by atoms with Crippen LogP contribution >= 0.6 is 0 Å². The van der Waals surface area contributed by atoms with Gasteiger partial charge >= 0.3 is 10.4 Å². The predicted molar refractivity (Wildman–Crippen MR) is 15.3 cm³/mol. The fourth-order valence-electron chi connectivity index (χ4n) is 0. The molecule has 0 heterocycles. The van der Waals surface area contributed by atoms with Gasteiger partial charge in [0.1, 0.15) is 0 Å². The van der Waals surface area contributed by atoms with Crippen LogP contribution in [-0.2, 0) is 10.4 Å². The highest BCUT2D eigenvalue weighted by atomic mass is 32.3. The van der Waals surface area contributed by atoms with Crippen molar-refractivity contribution >= 4 is 10.4 Å². The first-order valence-electron chi connectivity index (χ1n) is 0.698. The van der Waals surface area contributed by atoms with Gasteiger partial charge in [-0.25, -0.2) is 0 Å². The Kier molecular flexibility index (Phi) is 0.901. The van der Waals surface area contributed by atoms with E-state index in [2.05, 4.69) is 0 Å². The van der Waals surface area contributed by atoms with Crippen LogP contribution in [0.15, 0.2) is 0 Å². The van der Waals surface area contributed by atoms with Crippen molar-refractivity contribution in [3.63, 3.8) is 0 Å². The number of hydrogen-bond acceptors (Lipinski definition) is 2. The Labute approximate surface area is 30.5 Å². The average Bonchev–Trinajstić information content (AvgIpc) is 0.722. The summed E-state index contributed by atoms with van der Waals surface area (Å²) in [5.74, 6) is 0. The van der Waals surface area contributed by atoms with Gasteiger partial charge in [0, 0.05) is 1.43 Å². The fourth-order valence-corrected chi connectivity index (χ4v) is 0. The Morgan fingerprint density at radius 2 is 1.40 bits per heavy atom. The van der Waals surface area contributed by atoms with Crippen molar-refractivity contribution in [3.8, 4) is 0 Å². The van der Waals surface area contributed by atoms with Crippen LogP contribution in [0.4, 0.5) is 0 Å². The van der Waals surface area contributed by atoms with Crippen molar-refractivity contribution in [2.75, 3.05) is 0 Å². The maximum Gasteiger partial charge on any atom is 0.394 e. The maximum absolute atomic E-state index is 8.74. The molecule has 0 unspecified atom stereocenters. The molecule has 0 aliphatic heterocycles. The summed E-state index contributed by atoms with van der Waals surface area (Å²) in [6.45, 7) is 0. The standard InChI is InChI=1S/H2O4S.H/c1-5(2,3)4;/h(H2,1,2,3,4);/i;1+2. The quantitative estimate of drug-likeness (QED) is 0.402. The van der Waals surface area contributed by atoms with Crippen LogP contribution in [0.5, 0.6) is 0 Å². The van der Waals surface area contributed by atoms with Crippen LogP contribution in [0, 0.1) is 0 Å². The van der Waals surface area contributed by atoms with Crippen molar-refractivity contribution in [2.24, 2.45) is 0 Å². The van der Waals surface area contributed by atoms with E-state index in [9.17, 15) is 0 Å². The minimum absolute atomic E-state index is 0. The maximum atomic E-state index is 8.74. The zero-order valence-electron chi connectivity index (χ0n) is 3.12. The molecule has 0 amide bonds. The zero-order chi connectivity index (χ0) is 4.50. The monoisotopic (exact) mass is 101 g/mol. The highest BCUT2D eigenvalue weighted by Gasteiger charge is 1.84. The molecule has 0 aromatic carbocycles. The van der Waals surface area contributed by atoms with Crippen LogP contribution in [0.3, 0.4) is 0 Å². The second kappa shape index (κ2) is 0.925. The molecule has 1 radical (unpaired) electrons. The first-order chi connectivity index (χ1) is 2.00. The summed E-state index contributed by atoms with van der Waals surface area (Å²) in [4.78, 5) is 0. The summed E-state index contributed by atoms with van der Waals surface area (Å²) in [6.07, 6.45) is 0.